The summed E-state index contributed by atoms with van der Waals surface area (Å²) in [5.41, 5.74) is 8.93. The number of ether oxygens (including phenoxy) is 2. The van der Waals surface area contributed by atoms with E-state index in [4.69, 9.17) is 15.2 Å². The molecule has 0 bridgehead atoms. The highest BCUT2D eigenvalue weighted by atomic mass is 16.7. The summed E-state index contributed by atoms with van der Waals surface area (Å²) in [5, 5.41) is 3.33. The molecule has 0 radical (unpaired) electrons. The highest BCUT2D eigenvalue weighted by molar-refractivity contribution is 6.03. The minimum absolute atomic E-state index is 0.268. The molecule has 2 heterocycles. The molecule has 0 saturated heterocycles. The molecule has 136 valence electrons. The van der Waals surface area contributed by atoms with E-state index in [1.807, 2.05) is 30.4 Å². The first-order chi connectivity index (χ1) is 12.8. The van der Waals surface area contributed by atoms with Crippen molar-refractivity contribution in [1.82, 2.24) is 15.3 Å². The first-order valence-corrected chi connectivity index (χ1v) is 8.57. The molecule has 3 N–H and O–H groups in total. The summed E-state index contributed by atoms with van der Waals surface area (Å²) in [6, 6.07) is 5.82. The van der Waals surface area contributed by atoms with E-state index in [9.17, 15) is 0 Å². The molecule has 3 rings (SSSR count). The maximum absolute atomic E-state index is 5.52. The molecule has 1 aromatic carbocycles. The van der Waals surface area contributed by atoms with Crippen molar-refractivity contribution >= 4 is 17.9 Å². The van der Waals surface area contributed by atoms with Crippen molar-refractivity contribution in [2.75, 3.05) is 33.5 Å². The maximum atomic E-state index is 5.52. The van der Waals surface area contributed by atoms with E-state index in [0.717, 1.165) is 47.1 Å². The van der Waals surface area contributed by atoms with Gasteiger partial charge in [-0.05, 0) is 43.3 Å². The molecule has 26 heavy (non-hydrogen) atoms. The Morgan fingerprint density at radius 2 is 2.08 bits per heavy atom. The highest BCUT2D eigenvalue weighted by Crippen LogP contribution is 2.32. The van der Waals surface area contributed by atoms with Crippen LogP contribution in [-0.2, 0) is 0 Å². The van der Waals surface area contributed by atoms with Crippen LogP contribution in [0.5, 0.6) is 11.5 Å². The number of aliphatic imine (C=N–C) groups is 1. The molecule has 0 spiro atoms. The van der Waals surface area contributed by atoms with E-state index in [-0.39, 0.29) is 6.79 Å². The zero-order valence-corrected chi connectivity index (χ0v) is 14.8. The van der Waals surface area contributed by atoms with Crippen molar-refractivity contribution in [2.45, 2.75) is 6.42 Å². The third-order valence-corrected chi connectivity index (χ3v) is 3.95. The van der Waals surface area contributed by atoms with Crippen molar-refractivity contribution < 1.29 is 9.47 Å². The second-order valence-corrected chi connectivity index (χ2v) is 5.73. The van der Waals surface area contributed by atoms with Gasteiger partial charge >= 0.3 is 0 Å². The van der Waals surface area contributed by atoms with Crippen LogP contribution in [0.25, 0.3) is 12.2 Å². The molecule has 0 atom stereocenters. The fourth-order valence-electron chi connectivity index (χ4n) is 2.59. The summed E-state index contributed by atoms with van der Waals surface area (Å²) in [6.07, 6.45) is 8.19. The first kappa shape index (κ1) is 18.0. The Hall–Kier alpha value is -2.77. The van der Waals surface area contributed by atoms with Crippen LogP contribution in [0.3, 0.4) is 0 Å². The Morgan fingerprint density at radius 1 is 1.23 bits per heavy atom. The van der Waals surface area contributed by atoms with Crippen molar-refractivity contribution in [3.8, 4) is 11.5 Å². The van der Waals surface area contributed by atoms with Gasteiger partial charge in [-0.15, -0.1) is 0 Å². The summed E-state index contributed by atoms with van der Waals surface area (Å²) < 4.78 is 10.8. The maximum Gasteiger partial charge on any atom is 0.231 e. The average molecular weight is 353 g/mol. The normalized spacial score (nSPS) is 13.5. The molecular weight excluding hydrogens is 330 g/mol. The summed E-state index contributed by atoms with van der Waals surface area (Å²) in [7, 11) is 1.76. The van der Waals surface area contributed by atoms with Crippen LogP contribution in [0.4, 0.5) is 0 Å². The number of nitrogens with two attached hydrogens (primary N) is 1. The molecule has 0 aliphatic carbocycles. The Kier molecular flexibility index (Phi) is 6.29. The van der Waals surface area contributed by atoms with Gasteiger partial charge in [0.05, 0.1) is 11.4 Å². The van der Waals surface area contributed by atoms with Gasteiger partial charge in [0.1, 0.15) is 5.69 Å². The van der Waals surface area contributed by atoms with Gasteiger partial charge in [0.15, 0.2) is 11.5 Å². The van der Waals surface area contributed by atoms with Gasteiger partial charge < -0.3 is 20.5 Å². The molecule has 1 aliphatic heterocycles. The van der Waals surface area contributed by atoms with Gasteiger partial charge in [-0.1, -0.05) is 12.1 Å². The summed E-state index contributed by atoms with van der Waals surface area (Å²) >= 11 is 0. The Morgan fingerprint density at radius 3 is 2.92 bits per heavy atom. The van der Waals surface area contributed by atoms with E-state index in [0.29, 0.717) is 13.1 Å². The summed E-state index contributed by atoms with van der Waals surface area (Å²) in [5.74, 6) is 1.53. The molecule has 1 aromatic heterocycles. The minimum Gasteiger partial charge on any atom is -0.454 e. The van der Waals surface area contributed by atoms with Crippen LogP contribution in [0.2, 0.25) is 0 Å². The lowest BCUT2D eigenvalue weighted by atomic mass is 10.1. The predicted molar refractivity (Wildman–Crippen MR) is 103 cm³/mol. The Bertz CT molecular complexity index is 804. The summed E-state index contributed by atoms with van der Waals surface area (Å²) in [4.78, 5) is 13.3. The van der Waals surface area contributed by atoms with E-state index < -0.39 is 0 Å². The Balaban J connectivity index is 1.76. The lowest BCUT2D eigenvalue weighted by molar-refractivity contribution is 0.174. The van der Waals surface area contributed by atoms with E-state index >= 15 is 0 Å². The van der Waals surface area contributed by atoms with E-state index in [2.05, 4.69) is 20.3 Å². The first-order valence-electron chi connectivity index (χ1n) is 8.57. The molecule has 0 amide bonds. The monoisotopic (exact) mass is 353 g/mol. The van der Waals surface area contributed by atoms with Crippen molar-refractivity contribution in [3.05, 3.63) is 47.5 Å². The van der Waals surface area contributed by atoms with E-state index in [1.54, 1.807) is 19.4 Å². The molecular formula is C19H23N5O2. The van der Waals surface area contributed by atoms with Gasteiger partial charge in [-0.25, -0.2) is 0 Å². The van der Waals surface area contributed by atoms with Gasteiger partial charge in [-0.3, -0.25) is 15.0 Å². The van der Waals surface area contributed by atoms with E-state index in [1.165, 1.54) is 0 Å². The standard InChI is InChI=1S/C19H23N5O2/c1-21-16(12-22-8-2-7-20)19-15(23-9-10-24-19)5-3-14-4-6-17-18(11-14)26-13-25-17/h3-6,9-11,22H,2,7-8,12-13,20H2,1H3/b5-3+,21-16?. The smallest absolute Gasteiger partial charge is 0.231 e. The van der Waals surface area contributed by atoms with Crippen LogP contribution in [0.15, 0.2) is 35.6 Å². The van der Waals surface area contributed by atoms with Crippen molar-refractivity contribution in [1.29, 1.82) is 0 Å². The molecule has 1 aliphatic rings. The molecule has 7 nitrogen and oxygen atoms in total. The molecule has 2 aromatic rings. The third-order valence-electron chi connectivity index (χ3n) is 3.95. The topological polar surface area (TPSA) is 94.7 Å². The predicted octanol–water partition coefficient (Wildman–Crippen LogP) is 1.73. The third kappa shape index (κ3) is 4.44. The molecule has 0 unspecified atom stereocenters. The second-order valence-electron chi connectivity index (χ2n) is 5.73. The van der Waals surface area contributed by atoms with Crippen LogP contribution >= 0.6 is 0 Å². The Labute approximate surface area is 153 Å². The lowest BCUT2D eigenvalue weighted by Crippen LogP contribution is -2.27. The zero-order chi connectivity index (χ0) is 18.2. The fourth-order valence-corrected chi connectivity index (χ4v) is 2.59. The van der Waals surface area contributed by atoms with Gasteiger partial charge in [-0.2, -0.15) is 0 Å². The number of hydrogen-bond acceptors (Lipinski definition) is 7. The number of hydrogen-bond donors (Lipinski definition) is 2. The van der Waals surface area contributed by atoms with Crippen molar-refractivity contribution in [3.63, 3.8) is 0 Å². The van der Waals surface area contributed by atoms with Crippen LogP contribution in [-0.4, -0.2) is 49.2 Å². The zero-order valence-electron chi connectivity index (χ0n) is 14.8. The second kappa shape index (κ2) is 9.07. The number of nitrogens with one attached hydrogen (secondary N) is 1. The largest absolute Gasteiger partial charge is 0.454 e. The highest BCUT2D eigenvalue weighted by Gasteiger charge is 2.13. The number of nitrogens with zero attached hydrogens (tertiary/aromatic N) is 3. The van der Waals surface area contributed by atoms with Gasteiger partial charge in [0.25, 0.3) is 0 Å². The number of benzene rings is 1. The van der Waals surface area contributed by atoms with Crippen LogP contribution < -0.4 is 20.5 Å². The van der Waals surface area contributed by atoms with Gasteiger partial charge in [0, 0.05) is 26.0 Å². The SMILES string of the molecule is CN=C(CNCCCN)c1nccnc1/C=C/c1ccc2c(c1)OCO2. The van der Waals surface area contributed by atoms with Gasteiger partial charge in [0.2, 0.25) is 6.79 Å². The minimum atomic E-state index is 0.268. The quantitative estimate of drug-likeness (QED) is 0.554. The number of rotatable bonds is 8. The number of fused-ring (bicyclic) bond motifs is 1. The van der Waals surface area contributed by atoms with Crippen LogP contribution in [0.1, 0.15) is 23.4 Å². The summed E-state index contributed by atoms with van der Waals surface area (Å²) in [6.45, 7) is 2.41. The molecule has 7 heteroatoms. The lowest BCUT2D eigenvalue weighted by Gasteiger charge is -2.09. The van der Waals surface area contributed by atoms with Crippen molar-refractivity contribution in [2.24, 2.45) is 10.7 Å². The number of aromatic nitrogens is 2. The average Bonchev–Trinajstić information content (AvgIpc) is 3.15. The molecule has 0 saturated carbocycles. The molecule has 0 fully saturated rings. The fraction of sp³-hybridized carbons (Fsp3) is 0.316. The van der Waals surface area contributed by atoms with Crippen LogP contribution in [0, 0.1) is 0 Å².